The quantitative estimate of drug-likeness (QED) is 0.611. The van der Waals surface area contributed by atoms with Crippen LogP contribution in [0.3, 0.4) is 0 Å². The number of rotatable bonds is 7. The highest BCUT2D eigenvalue weighted by Gasteiger charge is 2.14. The van der Waals surface area contributed by atoms with Crippen LogP contribution in [0, 0.1) is 13.8 Å². The van der Waals surface area contributed by atoms with Gasteiger partial charge in [-0.15, -0.1) is 5.10 Å². The number of thioether (sulfide) groups is 1. The van der Waals surface area contributed by atoms with Gasteiger partial charge in [0.15, 0.2) is 0 Å². The molecule has 9 heteroatoms. The SMILES string of the molecule is COc1ccc(NC(=O)CSc2nnnn2-c2ccc(C)cc2C)c(OC)c1. The van der Waals surface area contributed by atoms with Crippen LogP contribution >= 0.6 is 11.8 Å². The number of tetrazole rings is 1. The van der Waals surface area contributed by atoms with E-state index in [9.17, 15) is 4.79 Å². The lowest BCUT2D eigenvalue weighted by Gasteiger charge is -2.11. The third kappa shape index (κ3) is 4.42. The standard InChI is InChI=1S/C19H21N5O3S/c1-12-5-8-16(13(2)9-12)24-19(21-22-23-24)28-11-18(25)20-15-7-6-14(26-3)10-17(15)27-4/h5-10H,11H2,1-4H3,(H,20,25). The first-order valence-corrected chi connectivity index (χ1v) is 9.51. The smallest absolute Gasteiger partial charge is 0.234 e. The number of benzene rings is 2. The lowest BCUT2D eigenvalue weighted by molar-refractivity contribution is -0.113. The van der Waals surface area contributed by atoms with E-state index in [0.29, 0.717) is 22.3 Å². The second-order valence-corrected chi connectivity index (χ2v) is 7.01. The Balaban J connectivity index is 1.69. The van der Waals surface area contributed by atoms with E-state index in [2.05, 4.69) is 26.9 Å². The van der Waals surface area contributed by atoms with Crippen molar-refractivity contribution < 1.29 is 14.3 Å². The predicted molar refractivity (Wildman–Crippen MR) is 108 cm³/mol. The molecule has 1 heterocycles. The van der Waals surface area contributed by atoms with Crippen LogP contribution in [0.2, 0.25) is 0 Å². The summed E-state index contributed by atoms with van der Waals surface area (Å²) in [5.41, 5.74) is 3.68. The van der Waals surface area contributed by atoms with Crippen molar-refractivity contribution in [2.75, 3.05) is 25.3 Å². The first-order chi connectivity index (χ1) is 13.5. The van der Waals surface area contributed by atoms with E-state index in [1.165, 1.54) is 18.9 Å². The van der Waals surface area contributed by atoms with Crippen LogP contribution < -0.4 is 14.8 Å². The summed E-state index contributed by atoms with van der Waals surface area (Å²) in [5.74, 6) is 1.14. The molecule has 0 saturated carbocycles. The highest BCUT2D eigenvalue weighted by molar-refractivity contribution is 7.99. The molecular formula is C19H21N5O3S. The Labute approximate surface area is 167 Å². The Hall–Kier alpha value is -3.07. The molecule has 1 N–H and O–H groups in total. The first-order valence-electron chi connectivity index (χ1n) is 8.52. The van der Waals surface area contributed by atoms with E-state index in [4.69, 9.17) is 9.47 Å². The molecule has 0 aliphatic heterocycles. The number of aromatic nitrogens is 4. The molecular weight excluding hydrogens is 378 g/mol. The van der Waals surface area contributed by atoms with Gasteiger partial charge < -0.3 is 14.8 Å². The minimum Gasteiger partial charge on any atom is -0.497 e. The number of hydrogen-bond acceptors (Lipinski definition) is 7. The van der Waals surface area contributed by atoms with Gasteiger partial charge in [-0.2, -0.15) is 4.68 Å². The van der Waals surface area contributed by atoms with Gasteiger partial charge in [-0.05, 0) is 48.0 Å². The second-order valence-electron chi connectivity index (χ2n) is 6.07. The second kappa shape index (κ2) is 8.75. The van der Waals surface area contributed by atoms with Gasteiger partial charge in [-0.3, -0.25) is 4.79 Å². The fraction of sp³-hybridized carbons (Fsp3) is 0.263. The Morgan fingerprint density at radius 1 is 1.14 bits per heavy atom. The Morgan fingerprint density at radius 2 is 1.96 bits per heavy atom. The minimum atomic E-state index is -0.191. The van der Waals surface area contributed by atoms with Crippen LogP contribution in [0.25, 0.3) is 5.69 Å². The van der Waals surface area contributed by atoms with Gasteiger partial charge in [0.05, 0.1) is 31.3 Å². The molecule has 0 bridgehead atoms. The zero-order valence-electron chi connectivity index (χ0n) is 16.1. The number of carbonyl (C=O) groups is 1. The number of aryl methyl sites for hydroxylation is 2. The van der Waals surface area contributed by atoms with E-state index in [1.54, 1.807) is 30.0 Å². The van der Waals surface area contributed by atoms with Gasteiger partial charge in [0.2, 0.25) is 11.1 Å². The molecule has 0 saturated heterocycles. The van der Waals surface area contributed by atoms with E-state index < -0.39 is 0 Å². The number of anilines is 1. The van der Waals surface area contributed by atoms with Crippen molar-refractivity contribution in [1.29, 1.82) is 0 Å². The number of nitrogens with one attached hydrogen (secondary N) is 1. The van der Waals surface area contributed by atoms with E-state index >= 15 is 0 Å². The maximum absolute atomic E-state index is 12.4. The van der Waals surface area contributed by atoms with Gasteiger partial charge >= 0.3 is 0 Å². The topological polar surface area (TPSA) is 91.2 Å². The van der Waals surface area contributed by atoms with E-state index in [0.717, 1.165) is 16.8 Å². The number of hydrogen-bond donors (Lipinski definition) is 1. The molecule has 0 unspecified atom stereocenters. The molecule has 1 amide bonds. The summed E-state index contributed by atoms with van der Waals surface area (Å²) in [6, 6.07) is 11.2. The lowest BCUT2D eigenvalue weighted by Crippen LogP contribution is -2.15. The molecule has 8 nitrogen and oxygen atoms in total. The minimum absolute atomic E-state index is 0.153. The van der Waals surface area contributed by atoms with E-state index in [1.807, 2.05) is 26.0 Å². The van der Waals surface area contributed by atoms with Gasteiger partial charge in [-0.1, -0.05) is 29.5 Å². The fourth-order valence-electron chi connectivity index (χ4n) is 2.68. The van der Waals surface area contributed by atoms with Crippen molar-refractivity contribution in [1.82, 2.24) is 20.2 Å². The van der Waals surface area contributed by atoms with Crippen LogP contribution in [0.15, 0.2) is 41.6 Å². The fourth-order valence-corrected chi connectivity index (χ4v) is 3.37. The van der Waals surface area contributed by atoms with Crippen molar-refractivity contribution in [2.45, 2.75) is 19.0 Å². The molecule has 0 spiro atoms. The predicted octanol–water partition coefficient (Wildman–Crippen LogP) is 3.03. The zero-order valence-corrected chi connectivity index (χ0v) is 16.9. The number of ether oxygens (including phenoxy) is 2. The van der Waals surface area contributed by atoms with Crippen molar-refractivity contribution >= 4 is 23.4 Å². The molecule has 1 aromatic heterocycles. The Morgan fingerprint density at radius 3 is 2.68 bits per heavy atom. The number of methoxy groups -OCH3 is 2. The molecule has 3 rings (SSSR count). The molecule has 0 atom stereocenters. The monoisotopic (exact) mass is 399 g/mol. The summed E-state index contributed by atoms with van der Waals surface area (Å²) in [5, 5.41) is 15.2. The van der Waals surface area contributed by atoms with Gasteiger partial charge in [0.25, 0.3) is 0 Å². The Bertz CT molecular complexity index is 989. The first kappa shape index (κ1) is 19.7. The van der Waals surface area contributed by atoms with Gasteiger partial charge in [-0.25, -0.2) is 0 Å². The molecule has 28 heavy (non-hydrogen) atoms. The summed E-state index contributed by atoms with van der Waals surface area (Å²) >= 11 is 1.26. The third-order valence-electron chi connectivity index (χ3n) is 4.04. The molecule has 0 radical (unpaired) electrons. The number of nitrogens with zero attached hydrogens (tertiary/aromatic N) is 4. The molecule has 3 aromatic rings. The summed E-state index contributed by atoms with van der Waals surface area (Å²) in [6.45, 7) is 4.03. The van der Waals surface area contributed by atoms with Crippen LogP contribution in [0.1, 0.15) is 11.1 Å². The maximum Gasteiger partial charge on any atom is 0.234 e. The summed E-state index contributed by atoms with van der Waals surface area (Å²) in [6.07, 6.45) is 0. The normalized spacial score (nSPS) is 10.6. The summed E-state index contributed by atoms with van der Waals surface area (Å²) in [4.78, 5) is 12.4. The average Bonchev–Trinajstić information content (AvgIpc) is 3.15. The number of carbonyl (C=O) groups excluding carboxylic acids is 1. The van der Waals surface area contributed by atoms with Crippen molar-refractivity contribution in [3.8, 4) is 17.2 Å². The molecule has 0 aliphatic rings. The van der Waals surface area contributed by atoms with Gasteiger partial charge in [0, 0.05) is 6.07 Å². The molecule has 146 valence electrons. The van der Waals surface area contributed by atoms with Crippen LogP contribution in [-0.2, 0) is 4.79 Å². The van der Waals surface area contributed by atoms with Crippen LogP contribution in [0.5, 0.6) is 11.5 Å². The average molecular weight is 399 g/mol. The highest BCUT2D eigenvalue weighted by Crippen LogP contribution is 2.29. The zero-order chi connectivity index (χ0) is 20.1. The lowest BCUT2D eigenvalue weighted by atomic mass is 10.1. The van der Waals surface area contributed by atoms with Crippen LogP contribution in [-0.4, -0.2) is 46.1 Å². The van der Waals surface area contributed by atoms with Crippen molar-refractivity contribution in [3.63, 3.8) is 0 Å². The highest BCUT2D eigenvalue weighted by atomic mass is 32.2. The summed E-state index contributed by atoms with van der Waals surface area (Å²) in [7, 11) is 3.11. The van der Waals surface area contributed by atoms with Crippen molar-refractivity contribution in [3.05, 3.63) is 47.5 Å². The van der Waals surface area contributed by atoms with Crippen LogP contribution in [0.4, 0.5) is 5.69 Å². The van der Waals surface area contributed by atoms with Crippen molar-refractivity contribution in [2.24, 2.45) is 0 Å². The maximum atomic E-state index is 12.4. The third-order valence-corrected chi connectivity index (χ3v) is 4.96. The molecule has 2 aromatic carbocycles. The number of amides is 1. The largest absolute Gasteiger partial charge is 0.497 e. The molecule has 0 fully saturated rings. The molecule has 0 aliphatic carbocycles. The van der Waals surface area contributed by atoms with Gasteiger partial charge in [0.1, 0.15) is 11.5 Å². The summed E-state index contributed by atoms with van der Waals surface area (Å²) < 4.78 is 12.1. The van der Waals surface area contributed by atoms with E-state index in [-0.39, 0.29) is 11.7 Å². The Kier molecular flexibility index (Phi) is 6.15.